The lowest BCUT2D eigenvalue weighted by Gasteiger charge is -2.07. The lowest BCUT2D eigenvalue weighted by Crippen LogP contribution is -2.14. The van der Waals surface area contributed by atoms with Crippen molar-refractivity contribution in [1.29, 1.82) is 0 Å². The van der Waals surface area contributed by atoms with Gasteiger partial charge in [-0.3, -0.25) is 9.48 Å². The third-order valence-corrected chi connectivity index (χ3v) is 6.00. The molecule has 170 valence electrons. The van der Waals surface area contributed by atoms with E-state index >= 15 is 0 Å². The molecule has 4 aromatic rings. The van der Waals surface area contributed by atoms with E-state index in [9.17, 15) is 13.6 Å². The van der Waals surface area contributed by atoms with Crippen molar-refractivity contribution in [2.24, 2.45) is 0 Å². The summed E-state index contributed by atoms with van der Waals surface area (Å²) in [5, 5.41) is 12.1. The molecular weight excluding hydrogens is 450 g/mol. The maximum atomic E-state index is 13.6. The molecular formula is C23H21ClF2N6O. The number of anilines is 1. The second kappa shape index (κ2) is 8.22. The smallest absolute Gasteiger partial charge is 0.280 e. The van der Waals surface area contributed by atoms with Crippen LogP contribution in [0.2, 0.25) is 5.02 Å². The minimum atomic E-state index is -2.72. The van der Waals surface area contributed by atoms with Crippen molar-refractivity contribution in [3.05, 3.63) is 75.5 Å². The zero-order valence-electron chi connectivity index (χ0n) is 18.0. The number of nitrogens with one attached hydrogen (secondary N) is 1. The van der Waals surface area contributed by atoms with Crippen LogP contribution >= 0.6 is 11.6 Å². The van der Waals surface area contributed by atoms with E-state index in [2.05, 4.69) is 20.5 Å². The Balaban J connectivity index is 1.43. The first-order valence-corrected chi connectivity index (χ1v) is 11.0. The standard InChI is InChI=1S/C23H21ClF2N6O/c1-12-21(13(2)31(29-12)11-14-4-3-5-16(24)8-14)28-23(33)18-10-20-27-17(15-6-7-15)9-19(22(25)26)32(20)30-18/h3-5,8-10,15,22H,6-7,11H2,1-2H3,(H,28,33). The number of hydrogen-bond donors (Lipinski definition) is 1. The third kappa shape index (κ3) is 4.20. The highest BCUT2D eigenvalue weighted by atomic mass is 35.5. The first-order chi connectivity index (χ1) is 15.8. The lowest BCUT2D eigenvalue weighted by molar-refractivity contribution is 0.102. The number of carbonyl (C=O) groups is 1. The van der Waals surface area contributed by atoms with Crippen LogP contribution in [-0.4, -0.2) is 30.3 Å². The highest BCUT2D eigenvalue weighted by Gasteiger charge is 2.28. The van der Waals surface area contributed by atoms with Gasteiger partial charge in [0.2, 0.25) is 0 Å². The van der Waals surface area contributed by atoms with Crippen molar-refractivity contribution < 1.29 is 13.6 Å². The van der Waals surface area contributed by atoms with Gasteiger partial charge in [0.15, 0.2) is 11.3 Å². The molecule has 3 heterocycles. The normalized spacial score (nSPS) is 13.8. The second-order valence-corrected chi connectivity index (χ2v) is 8.70. The Labute approximate surface area is 193 Å². The van der Waals surface area contributed by atoms with Gasteiger partial charge < -0.3 is 5.32 Å². The predicted molar refractivity (Wildman–Crippen MR) is 120 cm³/mol. The van der Waals surface area contributed by atoms with Gasteiger partial charge in [-0.1, -0.05) is 23.7 Å². The highest BCUT2D eigenvalue weighted by Crippen LogP contribution is 2.40. The van der Waals surface area contributed by atoms with Gasteiger partial charge in [-0.25, -0.2) is 18.3 Å². The average Bonchev–Trinajstić information content (AvgIpc) is 3.48. The largest absolute Gasteiger partial charge is 0.317 e. The summed E-state index contributed by atoms with van der Waals surface area (Å²) in [4.78, 5) is 17.4. The number of hydrogen-bond acceptors (Lipinski definition) is 4. The van der Waals surface area contributed by atoms with E-state index in [1.54, 1.807) is 17.7 Å². The second-order valence-electron chi connectivity index (χ2n) is 8.27. The van der Waals surface area contributed by atoms with Gasteiger partial charge in [-0.05, 0) is 50.5 Å². The molecule has 0 spiro atoms. The summed E-state index contributed by atoms with van der Waals surface area (Å²) in [6.07, 6.45) is -0.853. The fourth-order valence-electron chi connectivity index (χ4n) is 3.89. The number of amides is 1. The van der Waals surface area contributed by atoms with Gasteiger partial charge in [0.05, 0.1) is 23.6 Å². The van der Waals surface area contributed by atoms with Gasteiger partial charge in [-0.15, -0.1) is 0 Å². The molecule has 7 nitrogen and oxygen atoms in total. The van der Waals surface area contributed by atoms with E-state index < -0.39 is 12.3 Å². The molecule has 10 heteroatoms. The molecule has 5 rings (SSSR count). The van der Waals surface area contributed by atoms with Crippen molar-refractivity contribution in [2.45, 2.75) is 45.6 Å². The minimum Gasteiger partial charge on any atom is -0.317 e. The summed E-state index contributed by atoms with van der Waals surface area (Å²) in [6.45, 7) is 4.13. The van der Waals surface area contributed by atoms with Crippen molar-refractivity contribution in [1.82, 2.24) is 24.4 Å². The Hall–Kier alpha value is -3.33. The Kier molecular flexibility index (Phi) is 5.36. The molecule has 1 aliphatic rings. The van der Waals surface area contributed by atoms with Crippen molar-refractivity contribution >= 4 is 28.8 Å². The third-order valence-electron chi connectivity index (χ3n) is 5.77. The van der Waals surface area contributed by atoms with Crippen LogP contribution in [0.5, 0.6) is 0 Å². The number of aryl methyl sites for hydroxylation is 1. The summed E-state index contributed by atoms with van der Waals surface area (Å²) >= 11 is 6.07. The molecule has 0 saturated heterocycles. The molecule has 1 saturated carbocycles. The Morgan fingerprint density at radius 1 is 1.21 bits per heavy atom. The van der Waals surface area contributed by atoms with Crippen LogP contribution in [0.4, 0.5) is 14.5 Å². The first kappa shape index (κ1) is 21.5. The Morgan fingerprint density at radius 2 is 2.00 bits per heavy atom. The van der Waals surface area contributed by atoms with E-state index in [4.69, 9.17) is 11.6 Å². The molecule has 1 fully saturated rings. The molecule has 3 aromatic heterocycles. The van der Waals surface area contributed by atoms with Crippen LogP contribution in [0.1, 0.15) is 64.0 Å². The lowest BCUT2D eigenvalue weighted by atomic mass is 10.2. The number of aromatic nitrogens is 5. The number of fused-ring (bicyclic) bond motifs is 1. The number of halogens is 3. The maximum absolute atomic E-state index is 13.6. The van der Waals surface area contributed by atoms with Crippen molar-refractivity contribution in [3.63, 3.8) is 0 Å². The first-order valence-electron chi connectivity index (χ1n) is 10.6. The summed E-state index contributed by atoms with van der Waals surface area (Å²) in [5.41, 5.74) is 3.54. The number of nitrogens with zero attached hydrogens (tertiary/aromatic N) is 5. The average molecular weight is 471 g/mol. The number of rotatable bonds is 6. The zero-order valence-corrected chi connectivity index (χ0v) is 18.8. The highest BCUT2D eigenvalue weighted by molar-refractivity contribution is 6.30. The molecule has 0 radical (unpaired) electrons. The van der Waals surface area contributed by atoms with Crippen LogP contribution in [0.15, 0.2) is 36.4 Å². The monoisotopic (exact) mass is 470 g/mol. The molecule has 1 aliphatic carbocycles. The van der Waals surface area contributed by atoms with E-state index in [1.165, 1.54) is 12.1 Å². The molecule has 0 aliphatic heterocycles. The van der Waals surface area contributed by atoms with Crippen LogP contribution in [0.3, 0.4) is 0 Å². The maximum Gasteiger partial charge on any atom is 0.280 e. The fraction of sp³-hybridized carbons (Fsp3) is 0.304. The van der Waals surface area contributed by atoms with E-state index in [1.807, 2.05) is 25.1 Å². The summed E-state index contributed by atoms with van der Waals surface area (Å²) in [6, 6.07) is 10.3. The fourth-order valence-corrected chi connectivity index (χ4v) is 4.10. The molecule has 0 bridgehead atoms. The van der Waals surface area contributed by atoms with Gasteiger partial charge in [0.1, 0.15) is 5.69 Å². The van der Waals surface area contributed by atoms with Gasteiger partial charge in [0.25, 0.3) is 12.3 Å². The molecule has 1 aromatic carbocycles. The molecule has 33 heavy (non-hydrogen) atoms. The summed E-state index contributed by atoms with van der Waals surface area (Å²) in [7, 11) is 0. The summed E-state index contributed by atoms with van der Waals surface area (Å²) in [5.74, 6) is -0.308. The Bertz CT molecular complexity index is 1380. The molecule has 1 amide bonds. The minimum absolute atomic E-state index is 0.0127. The summed E-state index contributed by atoms with van der Waals surface area (Å²) < 4.78 is 30.1. The van der Waals surface area contributed by atoms with Crippen molar-refractivity contribution in [2.75, 3.05) is 5.32 Å². The molecule has 1 N–H and O–H groups in total. The molecule has 0 unspecified atom stereocenters. The van der Waals surface area contributed by atoms with Crippen LogP contribution in [0.25, 0.3) is 5.65 Å². The number of alkyl halides is 2. The van der Waals surface area contributed by atoms with E-state index in [0.717, 1.165) is 28.6 Å². The Morgan fingerprint density at radius 3 is 2.70 bits per heavy atom. The van der Waals surface area contributed by atoms with Crippen LogP contribution in [-0.2, 0) is 6.54 Å². The van der Waals surface area contributed by atoms with Gasteiger partial charge in [-0.2, -0.15) is 10.2 Å². The van der Waals surface area contributed by atoms with Crippen LogP contribution < -0.4 is 5.32 Å². The zero-order chi connectivity index (χ0) is 23.3. The van der Waals surface area contributed by atoms with Gasteiger partial charge in [0, 0.05) is 22.7 Å². The number of benzene rings is 1. The van der Waals surface area contributed by atoms with Crippen molar-refractivity contribution in [3.8, 4) is 0 Å². The van der Waals surface area contributed by atoms with Crippen LogP contribution in [0, 0.1) is 13.8 Å². The predicted octanol–water partition coefficient (Wildman–Crippen LogP) is 5.31. The van der Waals surface area contributed by atoms with Gasteiger partial charge >= 0.3 is 0 Å². The topological polar surface area (TPSA) is 77.1 Å². The number of carbonyl (C=O) groups excluding carboxylic acids is 1. The SMILES string of the molecule is Cc1nn(Cc2cccc(Cl)c2)c(C)c1NC(=O)c1cc2nc(C3CC3)cc(C(F)F)n2n1. The quantitative estimate of drug-likeness (QED) is 0.414. The molecule has 0 atom stereocenters. The van der Waals surface area contributed by atoms with E-state index in [0.29, 0.717) is 28.6 Å². The van der Waals surface area contributed by atoms with E-state index in [-0.39, 0.29) is 23.0 Å².